The molecule has 1 unspecified atom stereocenters. The minimum atomic E-state index is -3.08. The first-order valence-corrected chi connectivity index (χ1v) is 8.38. The van der Waals surface area contributed by atoms with Gasteiger partial charge < -0.3 is 20.5 Å². The van der Waals surface area contributed by atoms with E-state index in [9.17, 15) is 13.2 Å². The van der Waals surface area contributed by atoms with Gasteiger partial charge in [-0.2, -0.15) is 0 Å². The minimum Gasteiger partial charge on any atom is -0.454 e. The molecule has 0 aliphatic carbocycles. The summed E-state index contributed by atoms with van der Waals surface area (Å²) < 4.78 is 33.8. The van der Waals surface area contributed by atoms with Gasteiger partial charge in [0.05, 0.1) is 16.6 Å². The van der Waals surface area contributed by atoms with Crippen molar-refractivity contribution in [3.63, 3.8) is 0 Å². The van der Waals surface area contributed by atoms with Gasteiger partial charge in [-0.05, 0) is 18.9 Å². The molecule has 0 aromatic heterocycles. The molecule has 2 aliphatic heterocycles. The standard InChI is InChI=1S/C13H16N2O5S/c14-10-5-12-11(19-7-20-12)4-9(10)13(16)15-6-8-2-1-3-21(8,17)18/h4-5,8H,1-3,6-7,14H2,(H,15,16). The molecular formula is C13H16N2O5S. The van der Waals surface area contributed by atoms with Crippen LogP contribution in [0, 0.1) is 0 Å². The van der Waals surface area contributed by atoms with Crippen LogP contribution in [0.25, 0.3) is 0 Å². The number of fused-ring (bicyclic) bond motifs is 1. The molecule has 0 radical (unpaired) electrons. The summed E-state index contributed by atoms with van der Waals surface area (Å²) in [6.45, 7) is 0.204. The third-order valence-electron chi connectivity index (χ3n) is 3.74. The van der Waals surface area contributed by atoms with Crippen LogP contribution in [0.4, 0.5) is 5.69 Å². The molecule has 8 heteroatoms. The van der Waals surface area contributed by atoms with E-state index in [0.29, 0.717) is 24.3 Å². The summed E-state index contributed by atoms with van der Waals surface area (Å²) in [6, 6.07) is 3.04. The highest BCUT2D eigenvalue weighted by molar-refractivity contribution is 7.92. The van der Waals surface area contributed by atoms with Gasteiger partial charge in [-0.15, -0.1) is 0 Å². The second-order valence-electron chi connectivity index (χ2n) is 5.13. The SMILES string of the molecule is Nc1cc2c(cc1C(=O)NCC1CCCS1(=O)=O)OCO2. The highest BCUT2D eigenvalue weighted by Crippen LogP contribution is 2.35. The predicted molar refractivity (Wildman–Crippen MR) is 76.1 cm³/mol. The van der Waals surface area contributed by atoms with Crippen LogP contribution >= 0.6 is 0 Å². The maximum absolute atomic E-state index is 12.2. The molecule has 0 saturated carbocycles. The molecular weight excluding hydrogens is 296 g/mol. The number of nitrogens with one attached hydrogen (secondary N) is 1. The summed E-state index contributed by atoms with van der Waals surface area (Å²) in [5.41, 5.74) is 6.35. The Kier molecular flexibility index (Phi) is 3.40. The number of sulfone groups is 1. The van der Waals surface area contributed by atoms with Crippen LogP contribution in [0.15, 0.2) is 12.1 Å². The average Bonchev–Trinajstić information content (AvgIpc) is 3.00. The van der Waals surface area contributed by atoms with Gasteiger partial charge in [-0.25, -0.2) is 8.42 Å². The summed E-state index contributed by atoms with van der Waals surface area (Å²) in [5, 5.41) is 2.13. The lowest BCUT2D eigenvalue weighted by atomic mass is 10.1. The Morgan fingerprint density at radius 3 is 2.71 bits per heavy atom. The van der Waals surface area contributed by atoms with Crippen LogP contribution in [0.2, 0.25) is 0 Å². The molecule has 1 aromatic carbocycles. The van der Waals surface area contributed by atoms with Crippen molar-refractivity contribution in [2.24, 2.45) is 0 Å². The van der Waals surface area contributed by atoms with Crippen LogP contribution < -0.4 is 20.5 Å². The first-order chi connectivity index (χ1) is 9.97. The Morgan fingerprint density at radius 1 is 1.33 bits per heavy atom. The normalized spacial score (nSPS) is 22.2. The number of hydrogen-bond donors (Lipinski definition) is 2. The Balaban J connectivity index is 1.71. The number of nitrogen functional groups attached to an aromatic ring is 1. The summed E-state index contributed by atoms with van der Waals surface area (Å²) in [7, 11) is -3.08. The molecule has 2 heterocycles. The fraction of sp³-hybridized carbons (Fsp3) is 0.462. The third kappa shape index (κ3) is 2.63. The van der Waals surface area contributed by atoms with Crippen LogP contribution in [-0.2, 0) is 9.84 Å². The quantitative estimate of drug-likeness (QED) is 0.778. The summed E-state index contributed by atoms with van der Waals surface area (Å²) >= 11 is 0. The molecule has 3 rings (SSSR count). The number of benzene rings is 1. The molecule has 1 saturated heterocycles. The van der Waals surface area contributed by atoms with Crippen molar-refractivity contribution < 1.29 is 22.7 Å². The van der Waals surface area contributed by atoms with E-state index in [2.05, 4.69) is 5.32 Å². The van der Waals surface area contributed by atoms with Crippen molar-refractivity contribution in [3.8, 4) is 11.5 Å². The molecule has 1 fully saturated rings. The maximum Gasteiger partial charge on any atom is 0.253 e. The van der Waals surface area contributed by atoms with E-state index in [-0.39, 0.29) is 30.3 Å². The zero-order valence-corrected chi connectivity index (χ0v) is 12.1. The average molecular weight is 312 g/mol. The van der Waals surface area contributed by atoms with Gasteiger partial charge in [0, 0.05) is 18.3 Å². The lowest BCUT2D eigenvalue weighted by molar-refractivity contribution is 0.0954. The van der Waals surface area contributed by atoms with Crippen molar-refractivity contribution in [2.75, 3.05) is 24.8 Å². The van der Waals surface area contributed by atoms with Crippen LogP contribution in [0.1, 0.15) is 23.2 Å². The smallest absolute Gasteiger partial charge is 0.253 e. The van der Waals surface area contributed by atoms with Gasteiger partial charge in [0.15, 0.2) is 21.3 Å². The van der Waals surface area contributed by atoms with E-state index in [4.69, 9.17) is 15.2 Å². The zero-order valence-electron chi connectivity index (χ0n) is 11.3. The highest BCUT2D eigenvalue weighted by Gasteiger charge is 2.31. The molecule has 1 aromatic rings. The molecule has 2 aliphatic rings. The van der Waals surface area contributed by atoms with Crippen molar-refractivity contribution in [1.82, 2.24) is 5.32 Å². The van der Waals surface area contributed by atoms with Crippen molar-refractivity contribution in [3.05, 3.63) is 17.7 Å². The van der Waals surface area contributed by atoms with Gasteiger partial charge >= 0.3 is 0 Å². The Bertz CT molecular complexity index is 686. The molecule has 3 N–H and O–H groups in total. The molecule has 0 bridgehead atoms. The summed E-state index contributed by atoms with van der Waals surface area (Å²) in [6.07, 6.45) is 1.23. The number of rotatable bonds is 3. The number of nitrogens with two attached hydrogens (primary N) is 1. The van der Waals surface area contributed by atoms with E-state index in [0.717, 1.165) is 0 Å². The van der Waals surface area contributed by atoms with E-state index in [1.54, 1.807) is 0 Å². The van der Waals surface area contributed by atoms with Gasteiger partial charge in [0.25, 0.3) is 5.91 Å². The van der Waals surface area contributed by atoms with Gasteiger partial charge in [-0.3, -0.25) is 4.79 Å². The monoisotopic (exact) mass is 312 g/mol. The zero-order chi connectivity index (χ0) is 15.0. The second kappa shape index (κ2) is 5.10. The number of hydrogen-bond acceptors (Lipinski definition) is 6. The van der Waals surface area contributed by atoms with Crippen LogP contribution in [0.5, 0.6) is 11.5 Å². The number of carbonyl (C=O) groups is 1. The molecule has 7 nitrogen and oxygen atoms in total. The van der Waals surface area contributed by atoms with Crippen LogP contribution in [-0.4, -0.2) is 38.7 Å². The Labute approximate surface area is 122 Å². The number of amides is 1. The topological polar surface area (TPSA) is 108 Å². The Morgan fingerprint density at radius 2 is 2.05 bits per heavy atom. The van der Waals surface area contributed by atoms with E-state index in [1.165, 1.54) is 12.1 Å². The largest absolute Gasteiger partial charge is 0.454 e. The van der Waals surface area contributed by atoms with E-state index < -0.39 is 21.0 Å². The van der Waals surface area contributed by atoms with Crippen LogP contribution in [0.3, 0.4) is 0 Å². The molecule has 114 valence electrons. The Hall–Kier alpha value is -1.96. The number of anilines is 1. The van der Waals surface area contributed by atoms with Gasteiger partial charge in [0.1, 0.15) is 0 Å². The molecule has 1 amide bonds. The molecule has 21 heavy (non-hydrogen) atoms. The summed E-state index contributed by atoms with van der Waals surface area (Å²) in [4.78, 5) is 12.2. The number of carbonyl (C=O) groups excluding carboxylic acids is 1. The first kappa shape index (κ1) is 14.0. The first-order valence-electron chi connectivity index (χ1n) is 6.66. The van der Waals surface area contributed by atoms with Gasteiger partial charge in [0.2, 0.25) is 6.79 Å². The van der Waals surface area contributed by atoms with Crippen molar-refractivity contribution in [2.45, 2.75) is 18.1 Å². The molecule has 0 spiro atoms. The van der Waals surface area contributed by atoms with E-state index in [1.807, 2.05) is 0 Å². The minimum absolute atomic E-state index is 0.0974. The lowest BCUT2D eigenvalue weighted by Gasteiger charge is -2.12. The second-order valence-corrected chi connectivity index (χ2v) is 7.53. The third-order valence-corrected chi connectivity index (χ3v) is 6.02. The van der Waals surface area contributed by atoms with E-state index >= 15 is 0 Å². The molecule has 1 atom stereocenters. The van der Waals surface area contributed by atoms with Gasteiger partial charge in [-0.1, -0.05) is 0 Å². The maximum atomic E-state index is 12.2. The predicted octanol–water partition coefficient (Wildman–Crippen LogP) is 0.304. The number of ether oxygens (including phenoxy) is 2. The highest BCUT2D eigenvalue weighted by atomic mass is 32.2. The lowest BCUT2D eigenvalue weighted by Crippen LogP contribution is -2.34. The van der Waals surface area contributed by atoms with Crippen molar-refractivity contribution >= 4 is 21.4 Å². The fourth-order valence-electron chi connectivity index (χ4n) is 2.54. The summed E-state index contributed by atoms with van der Waals surface area (Å²) in [5.74, 6) is 0.748. The van der Waals surface area contributed by atoms with Crippen molar-refractivity contribution in [1.29, 1.82) is 0 Å². The fourth-order valence-corrected chi connectivity index (χ4v) is 4.31.